The number of nitrogens with one attached hydrogen (secondary N) is 1. The van der Waals surface area contributed by atoms with E-state index in [4.69, 9.17) is 5.73 Å². The maximum absolute atomic E-state index is 14.5. The van der Waals surface area contributed by atoms with Gasteiger partial charge in [0.05, 0.1) is 11.4 Å². The van der Waals surface area contributed by atoms with E-state index >= 15 is 0 Å². The number of aliphatic imine (C=N–C) groups is 1. The predicted octanol–water partition coefficient (Wildman–Crippen LogP) is 2.67. The van der Waals surface area contributed by atoms with Crippen molar-refractivity contribution in [3.8, 4) is 0 Å². The number of amides is 1. The van der Waals surface area contributed by atoms with Gasteiger partial charge in [-0.15, -0.1) is 0 Å². The van der Waals surface area contributed by atoms with Crippen LogP contribution in [0, 0.1) is 17.2 Å². The summed E-state index contributed by atoms with van der Waals surface area (Å²) in [4.78, 5) is 16.5. The molecule has 0 aromatic heterocycles. The first kappa shape index (κ1) is 20.5. The Balaban J connectivity index is 2.43. The van der Waals surface area contributed by atoms with E-state index in [-0.39, 0.29) is 28.6 Å². The standard InChI is InChI=1S/C18H26FN3O3S/c1-11(2)15(20)22-18(4,10-26(24)25)13-9-12(5-6-14(13)19)21-16(23)17(3)7-8-17/h5-6,9,11H,7-8,10H2,1-4H3,(H2,20,22)(H,21,23)(H,24,25)/p-1/t18-/m0/s1. The Hall–Kier alpha value is -1.80. The monoisotopic (exact) mass is 382 g/mol. The van der Waals surface area contributed by atoms with Crippen LogP contribution in [0.15, 0.2) is 23.2 Å². The number of carbonyl (C=O) groups excluding carboxylic acids is 1. The summed E-state index contributed by atoms with van der Waals surface area (Å²) in [7, 11) is 0. The summed E-state index contributed by atoms with van der Waals surface area (Å²) in [5, 5.41) is 2.77. The molecule has 0 aliphatic heterocycles. The molecular weight excluding hydrogens is 357 g/mol. The summed E-state index contributed by atoms with van der Waals surface area (Å²) in [6, 6.07) is 4.09. The van der Waals surface area contributed by atoms with Crippen molar-refractivity contribution in [2.24, 2.45) is 22.1 Å². The van der Waals surface area contributed by atoms with E-state index in [1.165, 1.54) is 25.1 Å². The third-order valence-corrected chi connectivity index (χ3v) is 5.52. The highest BCUT2D eigenvalue weighted by molar-refractivity contribution is 7.79. The van der Waals surface area contributed by atoms with Crippen LogP contribution in [0.2, 0.25) is 0 Å². The third-order valence-electron chi connectivity index (χ3n) is 4.72. The van der Waals surface area contributed by atoms with Crippen LogP contribution in [0.4, 0.5) is 10.1 Å². The summed E-state index contributed by atoms with van der Waals surface area (Å²) in [5.74, 6) is -1.04. The Morgan fingerprint density at radius 3 is 2.62 bits per heavy atom. The molecule has 1 fully saturated rings. The molecule has 1 aliphatic carbocycles. The number of carbonyl (C=O) groups is 1. The summed E-state index contributed by atoms with van der Waals surface area (Å²) in [5.41, 5.74) is 4.61. The molecule has 0 radical (unpaired) electrons. The minimum atomic E-state index is -2.46. The first-order valence-corrected chi connectivity index (χ1v) is 9.74. The molecule has 8 heteroatoms. The van der Waals surface area contributed by atoms with Crippen LogP contribution >= 0.6 is 0 Å². The van der Waals surface area contributed by atoms with Gasteiger partial charge < -0.3 is 15.6 Å². The molecule has 2 rings (SSSR count). The zero-order chi connectivity index (χ0) is 19.7. The predicted molar refractivity (Wildman–Crippen MR) is 100.0 cm³/mol. The first-order valence-electron chi connectivity index (χ1n) is 8.49. The Morgan fingerprint density at radius 2 is 2.12 bits per heavy atom. The van der Waals surface area contributed by atoms with Crippen LogP contribution < -0.4 is 11.1 Å². The number of anilines is 1. The number of benzene rings is 1. The molecule has 6 nitrogen and oxygen atoms in total. The summed E-state index contributed by atoms with van der Waals surface area (Å²) in [6.07, 6.45) is 1.63. The van der Waals surface area contributed by atoms with Gasteiger partial charge in [-0.1, -0.05) is 31.9 Å². The number of rotatable bonds is 7. The highest BCUT2D eigenvalue weighted by atomic mass is 32.2. The van der Waals surface area contributed by atoms with Gasteiger partial charge in [-0.3, -0.25) is 14.0 Å². The second-order valence-corrected chi connectivity index (χ2v) is 8.52. The average Bonchev–Trinajstić information content (AvgIpc) is 3.27. The molecule has 3 N–H and O–H groups in total. The number of halogens is 1. The van der Waals surface area contributed by atoms with E-state index in [9.17, 15) is 17.9 Å². The van der Waals surface area contributed by atoms with Crippen molar-refractivity contribution in [2.45, 2.75) is 46.1 Å². The molecular formula is C18H25FN3O3S-. The fraction of sp³-hybridized carbons (Fsp3) is 0.556. The van der Waals surface area contributed by atoms with Gasteiger partial charge >= 0.3 is 0 Å². The van der Waals surface area contributed by atoms with Gasteiger partial charge in [0.15, 0.2) is 0 Å². The van der Waals surface area contributed by atoms with Crippen LogP contribution in [-0.4, -0.2) is 26.3 Å². The minimum Gasteiger partial charge on any atom is -0.772 e. The smallest absolute Gasteiger partial charge is 0.230 e. The topological polar surface area (TPSA) is 108 Å². The van der Waals surface area contributed by atoms with Gasteiger partial charge in [-0.25, -0.2) is 4.39 Å². The quantitative estimate of drug-likeness (QED) is 0.429. The second-order valence-electron chi connectivity index (χ2n) is 7.62. The van der Waals surface area contributed by atoms with Crippen molar-refractivity contribution in [3.05, 3.63) is 29.6 Å². The van der Waals surface area contributed by atoms with Crippen molar-refractivity contribution in [1.29, 1.82) is 0 Å². The second kappa shape index (κ2) is 7.44. The van der Waals surface area contributed by atoms with E-state index < -0.39 is 28.2 Å². The normalized spacial score (nSPS) is 19.7. The van der Waals surface area contributed by atoms with Gasteiger partial charge in [0, 0.05) is 28.3 Å². The maximum Gasteiger partial charge on any atom is 0.230 e. The molecule has 26 heavy (non-hydrogen) atoms. The Labute approximate surface area is 155 Å². The summed E-state index contributed by atoms with van der Waals surface area (Å²) in [6.45, 7) is 7.02. The molecule has 0 bridgehead atoms. The fourth-order valence-electron chi connectivity index (χ4n) is 2.53. The minimum absolute atomic E-state index is 0.0732. The van der Waals surface area contributed by atoms with E-state index in [0.29, 0.717) is 5.69 Å². The van der Waals surface area contributed by atoms with Gasteiger partial charge in [-0.05, 0) is 38.0 Å². The van der Waals surface area contributed by atoms with Crippen LogP contribution in [0.3, 0.4) is 0 Å². The zero-order valence-electron chi connectivity index (χ0n) is 15.5. The Morgan fingerprint density at radius 1 is 1.50 bits per heavy atom. The highest BCUT2D eigenvalue weighted by Gasteiger charge is 2.45. The molecule has 1 unspecified atom stereocenters. The largest absolute Gasteiger partial charge is 0.772 e. The number of amidine groups is 1. The molecule has 0 spiro atoms. The molecule has 1 saturated carbocycles. The molecule has 1 aromatic rings. The van der Waals surface area contributed by atoms with Crippen molar-refractivity contribution in [2.75, 3.05) is 11.1 Å². The lowest BCUT2D eigenvalue weighted by Gasteiger charge is -2.29. The first-order chi connectivity index (χ1) is 12.0. The van der Waals surface area contributed by atoms with Crippen LogP contribution in [0.1, 0.15) is 46.1 Å². The van der Waals surface area contributed by atoms with E-state index in [2.05, 4.69) is 10.3 Å². The summed E-state index contributed by atoms with van der Waals surface area (Å²) >= 11 is -2.46. The van der Waals surface area contributed by atoms with Crippen molar-refractivity contribution >= 4 is 28.5 Å². The lowest BCUT2D eigenvalue weighted by atomic mass is 9.93. The molecule has 0 saturated heterocycles. The van der Waals surface area contributed by atoms with Gasteiger partial charge in [0.25, 0.3) is 0 Å². The van der Waals surface area contributed by atoms with Crippen molar-refractivity contribution in [1.82, 2.24) is 0 Å². The number of nitrogens with zero attached hydrogens (tertiary/aromatic N) is 1. The SMILES string of the molecule is CC(C)C(N)=N[C@@](C)(CS(=O)[O-])c1cc(NC(=O)C2(C)CC2)ccc1F. The van der Waals surface area contributed by atoms with Gasteiger partial charge in [0.2, 0.25) is 5.91 Å². The Kier molecular flexibility index (Phi) is 5.87. The zero-order valence-corrected chi connectivity index (χ0v) is 16.3. The van der Waals surface area contributed by atoms with Crippen molar-refractivity contribution < 1.29 is 17.9 Å². The highest BCUT2D eigenvalue weighted by Crippen LogP contribution is 2.45. The number of nitrogens with two attached hydrogens (primary N) is 1. The third kappa shape index (κ3) is 4.67. The Bertz CT molecular complexity index is 762. The fourth-order valence-corrected chi connectivity index (χ4v) is 3.21. The van der Waals surface area contributed by atoms with E-state index in [1.54, 1.807) is 0 Å². The molecule has 1 aromatic carbocycles. The van der Waals surface area contributed by atoms with Gasteiger partial charge in [-0.2, -0.15) is 0 Å². The lowest BCUT2D eigenvalue weighted by Crippen LogP contribution is -2.33. The van der Waals surface area contributed by atoms with E-state index in [0.717, 1.165) is 12.8 Å². The van der Waals surface area contributed by atoms with Crippen LogP contribution in [0.5, 0.6) is 0 Å². The molecule has 1 amide bonds. The maximum atomic E-state index is 14.5. The summed E-state index contributed by atoms with van der Waals surface area (Å²) < 4.78 is 37.2. The van der Waals surface area contributed by atoms with E-state index in [1.807, 2.05) is 20.8 Å². The molecule has 144 valence electrons. The molecule has 0 heterocycles. The van der Waals surface area contributed by atoms with Crippen LogP contribution in [0.25, 0.3) is 0 Å². The molecule has 1 aliphatic rings. The average molecular weight is 382 g/mol. The number of hydrogen-bond donors (Lipinski definition) is 2. The number of hydrogen-bond acceptors (Lipinski definition) is 4. The van der Waals surface area contributed by atoms with Crippen LogP contribution in [-0.2, 0) is 21.4 Å². The van der Waals surface area contributed by atoms with Crippen molar-refractivity contribution in [3.63, 3.8) is 0 Å². The lowest BCUT2D eigenvalue weighted by molar-refractivity contribution is -0.120. The van der Waals surface area contributed by atoms with Gasteiger partial charge in [0.1, 0.15) is 5.82 Å². The molecule has 2 atom stereocenters.